The lowest BCUT2D eigenvalue weighted by molar-refractivity contribution is -0.122. The maximum absolute atomic E-state index is 11.5. The van der Waals surface area contributed by atoms with Gasteiger partial charge < -0.3 is 10.6 Å². The van der Waals surface area contributed by atoms with Gasteiger partial charge in [-0.1, -0.05) is 6.07 Å². The minimum absolute atomic E-state index is 0.0673. The van der Waals surface area contributed by atoms with Crippen molar-refractivity contribution in [3.05, 3.63) is 23.8 Å². The van der Waals surface area contributed by atoms with Crippen LogP contribution in [0.4, 0.5) is 11.4 Å². The predicted molar refractivity (Wildman–Crippen MR) is 51.1 cm³/mol. The van der Waals surface area contributed by atoms with Crippen molar-refractivity contribution in [2.75, 3.05) is 10.6 Å². The van der Waals surface area contributed by atoms with Crippen LogP contribution >= 0.6 is 0 Å². The second-order valence-electron chi connectivity index (χ2n) is 3.56. The average Bonchev–Trinajstić information content (AvgIpc) is 2.45. The molecule has 3 rings (SSSR count). The van der Waals surface area contributed by atoms with Crippen molar-refractivity contribution in [1.82, 2.24) is 0 Å². The number of rotatable bonds is 0. The molecule has 1 aromatic carbocycles. The van der Waals surface area contributed by atoms with Crippen LogP contribution in [0, 0.1) is 0 Å². The molecule has 2 heterocycles. The van der Waals surface area contributed by atoms with Gasteiger partial charge in [-0.15, -0.1) is 0 Å². The maximum Gasteiger partial charge on any atom is 0.232 e. The number of amides is 2. The first kappa shape index (κ1) is 7.55. The van der Waals surface area contributed by atoms with Gasteiger partial charge in [0.25, 0.3) is 0 Å². The van der Waals surface area contributed by atoms with Crippen LogP contribution in [-0.2, 0) is 9.59 Å². The number of benzene rings is 1. The molecule has 2 aliphatic heterocycles. The summed E-state index contributed by atoms with van der Waals surface area (Å²) in [4.78, 5) is 22.8. The number of nitrogens with one attached hydrogen (secondary N) is 2. The van der Waals surface area contributed by atoms with Crippen LogP contribution in [0.5, 0.6) is 0 Å². The van der Waals surface area contributed by atoms with E-state index in [1.165, 1.54) is 0 Å². The van der Waals surface area contributed by atoms with Gasteiger partial charge in [-0.3, -0.25) is 9.59 Å². The lowest BCUT2D eigenvalue weighted by atomic mass is 9.92. The summed E-state index contributed by atoms with van der Waals surface area (Å²) in [5, 5.41) is 5.53. The Morgan fingerprint density at radius 1 is 1.14 bits per heavy atom. The van der Waals surface area contributed by atoms with Crippen molar-refractivity contribution >= 4 is 23.2 Å². The minimum Gasteiger partial charge on any atom is -0.326 e. The highest BCUT2D eigenvalue weighted by Crippen LogP contribution is 2.42. The number of anilines is 2. The summed E-state index contributed by atoms with van der Waals surface area (Å²) < 4.78 is 0. The third-order valence-corrected chi connectivity index (χ3v) is 2.69. The zero-order valence-corrected chi connectivity index (χ0v) is 7.33. The van der Waals surface area contributed by atoms with Gasteiger partial charge in [0, 0.05) is 23.4 Å². The standard InChI is InChI=1S/C10H8N2O2/c13-8-4-5-9-6(11-8)2-1-3-7(9)12-10(5)14/h1-3,5H,4H2,(H,11,13)(H,12,14). The van der Waals surface area contributed by atoms with Crippen molar-refractivity contribution in [3.63, 3.8) is 0 Å². The Balaban J connectivity index is 2.25. The normalized spacial score (nSPS) is 22.7. The lowest BCUT2D eigenvalue weighted by Gasteiger charge is -2.19. The van der Waals surface area contributed by atoms with E-state index in [0.29, 0.717) is 0 Å². The van der Waals surface area contributed by atoms with Crippen LogP contribution in [0.1, 0.15) is 17.9 Å². The number of hydrogen-bond acceptors (Lipinski definition) is 2. The first-order valence-electron chi connectivity index (χ1n) is 4.49. The highest BCUT2D eigenvalue weighted by molar-refractivity contribution is 6.11. The quantitative estimate of drug-likeness (QED) is 0.639. The van der Waals surface area contributed by atoms with Crippen LogP contribution < -0.4 is 10.6 Å². The Morgan fingerprint density at radius 2 is 1.86 bits per heavy atom. The van der Waals surface area contributed by atoms with Gasteiger partial charge in [-0.2, -0.15) is 0 Å². The summed E-state index contributed by atoms with van der Waals surface area (Å²) in [5.41, 5.74) is 2.54. The summed E-state index contributed by atoms with van der Waals surface area (Å²) in [6.45, 7) is 0. The molecule has 2 amide bonds. The number of hydrogen-bond donors (Lipinski definition) is 2. The van der Waals surface area contributed by atoms with Crippen LogP contribution in [-0.4, -0.2) is 11.8 Å². The lowest BCUT2D eigenvalue weighted by Crippen LogP contribution is -2.25. The Kier molecular flexibility index (Phi) is 1.27. The molecule has 70 valence electrons. The van der Waals surface area contributed by atoms with Crippen LogP contribution in [0.3, 0.4) is 0 Å². The van der Waals surface area contributed by atoms with Gasteiger partial charge in [-0.25, -0.2) is 0 Å². The molecule has 0 saturated heterocycles. The number of carbonyl (C=O) groups is 2. The molecule has 4 heteroatoms. The summed E-state index contributed by atoms with van der Waals surface area (Å²) in [5.74, 6) is -0.436. The maximum atomic E-state index is 11.5. The highest BCUT2D eigenvalue weighted by Gasteiger charge is 2.37. The van der Waals surface area contributed by atoms with E-state index in [4.69, 9.17) is 0 Å². The summed E-state index contributed by atoms with van der Waals surface area (Å²) >= 11 is 0. The van der Waals surface area contributed by atoms with E-state index in [1.807, 2.05) is 18.2 Å². The number of carbonyl (C=O) groups excluding carboxylic acids is 2. The minimum atomic E-state index is -0.282. The fourth-order valence-corrected chi connectivity index (χ4v) is 2.09. The molecule has 1 unspecified atom stereocenters. The molecule has 4 nitrogen and oxygen atoms in total. The van der Waals surface area contributed by atoms with Gasteiger partial charge in [0.05, 0.1) is 5.92 Å². The third kappa shape index (κ3) is 0.824. The van der Waals surface area contributed by atoms with E-state index in [0.717, 1.165) is 16.9 Å². The Bertz CT molecular complexity index is 453. The van der Waals surface area contributed by atoms with E-state index in [9.17, 15) is 9.59 Å². The first-order chi connectivity index (χ1) is 6.75. The van der Waals surface area contributed by atoms with Crippen LogP contribution in [0.15, 0.2) is 18.2 Å². The smallest absolute Gasteiger partial charge is 0.232 e. The van der Waals surface area contributed by atoms with Gasteiger partial charge in [-0.05, 0) is 12.1 Å². The van der Waals surface area contributed by atoms with Crippen molar-refractivity contribution in [1.29, 1.82) is 0 Å². The van der Waals surface area contributed by atoms with Crippen molar-refractivity contribution in [2.24, 2.45) is 0 Å². The monoisotopic (exact) mass is 188 g/mol. The Morgan fingerprint density at radius 3 is 2.64 bits per heavy atom. The van der Waals surface area contributed by atoms with E-state index in [1.54, 1.807) is 0 Å². The summed E-state index contributed by atoms with van der Waals surface area (Å²) in [7, 11) is 0. The third-order valence-electron chi connectivity index (χ3n) is 2.69. The molecule has 0 spiro atoms. The van der Waals surface area contributed by atoms with Crippen molar-refractivity contribution < 1.29 is 9.59 Å². The van der Waals surface area contributed by atoms with Gasteiger partial charge >= 0.3 is 0 Å². The van der Waals surface area contributed by atoms with Crippen molar-refractivity contribution in [3.8, 4) is 0 Å². The fraction of sp³-hybridized carbons (Fsp3) is 0.200. The second-order valence-corrected chi connectivity index (χ2v) is 3.56. The SMILES string of the molecule is O=C1CC2C(=O)Nc3cccc(c32)N1. The molecule has 1 atom stereocenters. The average molecular weight is 188 g/mol. The van der Waals surface area contributed by atoms with Gasteiger partial charge in [0.2, 0.25) is 11.8 Å². The van der Waals surface area contributed by atoms with Gasteiger partial charge in [0.15, 0.2) is 0 Å². The van der Waals surface area contributed by atoms with E-state index in [-0.39, 0.29) is 24.2 Å². The van der Waals surface area contributed by atoms with E-state index < -0.39 is 0 Å². The Hall–Kier alpha value is -1.84. The van der Waals surface area contributed by atoms with Crippen LogP contribution in [0.25, 0.3) is 0 Å². The molecule has 0 bridgehead atoms. The Labute approximate surface area is 80.3 Å². The zero-order valence-electron chi connectivity index (χ0n) is 7.33. The molecule has 2 aliphatic rings. The molecular formula is C10H8N2O2. The molecular weight excluding hydrogens is 180 g/mol. The predicted octanol–water partition coefficient (Wildman–Crippen LogP) is 1.06. The second kappa shape index (κ2) is 2.35. The molecule has 14 heavy (non-hydrogen) atoms. The molecule has 2 N–H and O–H groups in total. The van der Waals surface area contributed by atoms with Crippen LogP contribution in [0.2, 0.25) is 0 Å². The van der Waals surface area contributed by atoms with Gasteiger partial charge in [0.1, 0.15) is 0 Å². The zero-order chi connectivity index (χ0) is 9.71. The first-order valence-corrected chi connectivity index (χ1v) is 4.49. The molecule has 0 saturated carbocycles. The largest absolute Gasteiger partial charge is 0.326 e. The topological polar surface area (TPSA) is 58.2 Å². The van der Waals surface area contributed by atoms with E-state index in [2.05, 4.69) is 10.6 Å². The summed E-state index contributed by atoms with van der Waals surface area (Å²) in [6.07, 6.45) is 0.260. The fourth-order valence-electron chi connectivity index (χ4n) is 2.09. The molecule has 0 aromatic heterocycles. The van der Waals surface area contributed by atoms with Crippen molar-refractivity contribution in [2.45, 2.75) is 12.3 Å². The summed E-state index contributed by atoms with van der Waals surface area (Å²) in [6, 6.07) is 5.50. The molecule has 0 fully saturated rings. The molecule has 0 aliphatic carbocycles. The molecule has 0 radical (unpaired) electrons. The highest BCUT2D eigenvalue weighted by atomic mass is 16.2. The molecule has 1 aromatic rings. The van der Waals surface area contributed by atoms with E-state index >= 15 is 0 Å².